The van der Waals surface area contributed by atoms with Crippen molar-refractivity contribution in [3.63, 3.8) is 0 Å². The fourth-order valence-corrected chi connectivity index (χ4v) is 0.948. The molecule has 3 nitrogen and oxygen atoms in total. The van der Waals surface area contributed by atoms with Crippen LogP contribution in [0.15, 0.2) is 30.3 Å². The number of carbonyl (C=O) groups is 2. The van der Waals surface area contributed by atoms with Crippen LogP contribution < -0.4 is 0 Å². The van der Waals surface area contributed by atoms with E-state index >= 15 is 0 Å². The van der Waals surface area contributed by atoms with E-state index in [9.17, 15) is 9.59 Å². The van der Waals surface area contributed by atoms with Gasteiger partial charge in [0, 0.05) is 17.3 Å². The molecule has 0 aliphatic rings. The van der Waals surface area contributed by atoms with Gasteiger partial charge >= 0.3 is 5.37 Å². The average Bonchev–Trinajstić information content (AvgIpc) is 2.17. The summed E-state index contributed by atoms with van der Waals surface area (Å²) in [5, 5.41) is -1.02. The first kappa shape index (κ1) is 10.0. The maximum Gasteiger partial charge on any atom is 0.338 e. The molecular formula is C8H5Cl2NO2. The second-order valence-electron chi connectivity index (χ2n) is 2.20. The molecule has 0 spiro atoms. The lowest BCUT2D eigenvalue weighted by Gasteiger charge is -2.06. The molecule has 13 heavy (non-hydrogen) atoms. The summed E-state index contributed by atoms with van der Waals surface area (Å²) in [7, 11) is 0. The van der Waals surface area contributed by atoms with E-state index < -0.39 is 11.3 Å². The lowest BCUT2D eigenvalue weighted by Crippen LogP contribution is -2.23. The van der Waals surface area contributed by atoms with Gasteiger partial charge < -0.3 is 0 Å². The van der Waals surface area contributed by atoms with Gasteiger partial charge in [0.15, 0.2) is 0 Å². The SMILES string of the molecule is O=C(Cl)N(Cl)C(=O)c1ccccc1. The number of halogens is 2. The molecule has 0 unspecified atom stereocenters. The molecule has 1 aromatic rings. The molecular weight excluding hydrogens is 213 g/mol. The van der Waals surface area contributed by atoms with Gasteiger partial charge in [0.2, 0.25) is 0 Å². The number of benzene rings is 1. The van der Waals surface area contributed by atoms with E-state index in [-0.39, 0.29) is 0 Å². The van der Waals surface area contributed by atoms with Gasteiger partial charge in [-0.2, -0.15) is 4.42 Å². The maximum absolute atomic E-state index is 11.3. The van der Waals surface area contributed by atoms with Gasteiger partial charge in [-0.25, -0.2) is 0 Å². The van der Waals surface area contributed by atoms with Crippen molar-refractivity contribution in [3.8, 4) is 0 Å². The molecule has 0 saturated heterocycles. The number of rotatable bonds is 1. The van der Waals surface area contributed by atoms with E-state index in [0.717, 1.165) is 0 Å². The van der Waals surface area contributed by atoms with Crippen molar-refractivity contribution in [1.29, 1.82) is 0 Å². The lowest BCUT2D eigenvalue weighted by molar-refractivity contribution is 0.0898. The zero-order chi connectivity index (χ0) is 9.84. The Balaban J connectivity index is 2.86. The van der Waals surface area contributed by atoms with E-state index in [2.05, 4.69) is 0 Å². The van der Waals surface area contributed by atoms with Crippen LogP contribution in [0.1, 0.15) is 10.4 Å². The summed E-state index contributed by atoms with van der Waals surface area (Å²) in [6.07, 6.45) is 0. The highest BCUT2D eigenvalue weighted by molar-refractivity contribution is 6.67. The van der Waals surface area contributed by atoms with Crippen LogP contribution in [0.4, 0.5) is 4.79 Å². The standard InChI is InChI=1S/C8H5Cl2NO2/c9-8(13)11(10)7(12)6-4-2-1-3-5-6/h1-5H. The van der Waals surface area contributed by atoms with Crippen LogP contribution in [0.25, 0.3) is 0 Å². The van der Waals surface area contributed by atoms with Crippen molar-refractivity contribution in [3.05, 3.63) is 35.9 Å². The normalized spacial score (nSPS) is 9.38. The summed E-state index contributed by atoms with van der Waals surface area (Å²) in [5.41, 5.74) is 0.312. The largest absolute Gasteiger partial charge is 0.338 e. The van der Waals surface area contributed by atoms with Gasteiger partial charge in [-0.3, -0.25) is 9.59 Å². The minimum Gasteiger partial charge on any atom is -0.267 e. The Morgan fingerprint density at radius 3 is 2.15 bits per heavy atom. The lowest BCUT2D eigenvalue weighted by atomic mass is 10.2. The Labute approximate surface area is 85.0 Å². The predicted molar refractivity (Wildman–Crippen MR) is 49.7 cm³/mol. The molecule has 0 aromatic heterocycles. The number of hydrogen-bond donors (Lipinski definition) is 0. The van der Waals surface area contributed by atoms with Gasteiger partial charge in [-0.1, -0.05) is 18.2 Å². The van der Waals surface area contributed by atoms with E-state index in [1.54, 1.807) is 18.2 Å². The zero-order valence-corrected chi connectivity index (χ0v) is 7.92. The zero-order valence-electron chi connectivity index (χ0n) is 6.41. The highest BCUT2D eigenvalue weighted by atomic mass is 35.5. The van der Waals surface area contributed by atoms with Gasteiger partial charge in [-0.05, 0) is 23.7 Å². The Morgan fingerprint density at radius 2 is 1.69 bits per heavy atom. The van der Waals surface area contributed by atoms with Gasteiger partial charge in [0.25, 0.3) is 5.91 Å². The number of imide groups is 1. The summed E-state index contributed by atoms with van der Waals surface area (Å²) in [4.78, 5) is 21.8. The number of carbonyl (C=O) groups excluding carboxylic acids is 2. The highest BCUT2D eigenvalue weighted by Crippen LogP contribution is 2.09. The first-order valence-corrected chi connectivity index (χ1v) is 4.09. The third-order valence-electron chi connectivity index (χ3n) is 1.35. The highest BCUT2D eigenvalue weighted by Gasteiger charge is 2.18. The Bertz CT molecular complexity index is 326. The molecule has 0 aliphatic heterocycles. The Kier molecular flexibility index (Phi) is 3.28. The Hall–Kier alpha value is -1.06. The summed E-state index contributed by atoms with van der Waals surface area (Å²) >= 11 is 10.3. The molecule has 0 N–H and O–H groups in total. The van der Waals surface area contributed by atoms with Crippen LogP contribution >= 0.6 is 23.4 Å². The van der Waals surface area contributed by atoms with Crippen LogP contribution in [0.5, 0.6) is 0 Å². The molecule has 5 heteroatoms. The minimum atomic E-state index is -1.02. The topological polar surface area (TPSA) is 37.4 Å². The van der Waals surface area contributed by atoms with E-state index in [1.807, 2.05) is 0 Å². The van der Waals surface area contributed by atoms with Crippen LogP contribution in [0.3, 0.4) is 0 Å². The molecule has 0 atom stereocenters. The maximum atomic E-state index is 11.3. The quantitative estimate of drug-likeness (QED) is 0.412. The molecule has 1 aromatic carbocycles. The van der Waals surface area contributed by atoms with Gasteiger partial charge in [0.05, 0.1) is 0 Å². The van der Waals surface area contributed by atoms with Crippen LogP contribution in [0.2, 0.25) is 0 Å². The smallest absolute Gasteiger partial charge is 0.267 e. The van der Waals surface area contributed by atoms with Crippen molar-refractivity contribution in [2.45, 2.75) is 0 Å². The molecule has 68 valence electrons. The van der Waals surface area contributed by atoms with Gasteiger partial charge in [0.1, 0.15) is 0 Å². The number of nitrogens with zero attached hydrogens (tertiary/aromatic N) is 1. The molecule has 0 saturated carbocycles. The van der Waals surface area contributed by atoms with Crippen LogP contribution in [-0.4, -0.2) is 15.7 Å². The summed E-state index contributed by atoms with van der Waals surface area (Å²) in [6, 6.07) is 8.15. The fraction of sp³-hybridized carbons (Fsp3) is 0. The number of hydrogen-bond acceptors (Lipinski definition) is 2. The van der Waals surface area contributed by atoms with Crippen molar-refractivity contribution >= 4 is 34.7 Å². The minimum absolute atomic E-state index is 0.312. The molecule has 2 amide bonds. The summed E-state index contributed by atoms with van der Waals surface area (Å²) in [5.74, 6) is -0.637. The van der Waals surface area contributed by atoms with Crippen molar-refractivity contribution in [2.24, 2.45) is 0 Å². The van der Waals surface area contributed by atoms with Crippen molar-refractivity contribution in [1.82, 2.24) is 4.42 Å². The Morgan fingerprint density at radius 1 is 1.15 bits per heavy atom. The molecule has 0 bridgehead atoms. The summed E-state index contributed by atoms with van der Waals surface area (Å²) in [6.45, 7) is 0. The second-order valence-corrected chi connectivity index (χ2v) is 2.87. The fourth-order valence-electron chi connectivity index (χ4n) is 0.774. The third kappa shape index (κ3) is 2.44. The van der Waals surface area contributed by atoms with E-state index in [0.29, 0.717) is 9.98 Å². The first-order chi connectivity index (χ1) is 6.13. The van der Waals surface area contributed by atoms with Crippen LogP contribution in [0, 0.1) is 0 Å². The second kappa shape index (κ2) is 4.25. The molecule has 0 heterocycles. The monoisotopic (exact) mass is 217 g/mol. The van der Waals surface area contributed by atoms with Crippen molar-refractivity contribution in [2.75, 3.05) is 0 Å². The molecule has 0 aliphatic carbocycles. The van der Waals surface area contributed by atoms with Crippen molar-refractivity contribution < 1.29 is 9.59 Å². The molecule has 0 radical (unpaired) electrons. The van der Waals surface area contributed by atoms with E-state index in [1.165, 1.54) is 12.1 Å². The first-order valence-electron chi connectivity index (χ1n) is 3.37. The predicted octanol–water partition coefficient (Wildman–Crippen LogP) is 2.64. The summed E-state index contributed by atoms with van der Waals surface area (Å²) < 4.78 is 0.330. The number of amides is 2. The average molecular weight is 218 g/mol. The van der Waals surface area contributed by atoms with Crippen LogP contribution in [-0.2, 0) is 0 Å². The van der Waals surface area contributed by atoms with E-state index in [4.69, 9.17) is 23.4 Å². The molecule has 1 rings (SSSR count). The third-order valence-corrected chi connectivity index (χ3v) is 1.92. The molecule has 0 fully saturated rings. The van der Waals surface area contributed by atoms with Gasteiger partial charge in [-0.15, -0.1) is 0 Å².